The molecule has 3 N–H and O–H groups in total. The smallest absolute Gasteiger partial charge is 0.306 e. The molecule has 0 radical (unpaired) electrons. The van der Waals surface area contributed by atoms with Crippen molar-refractivity contribution in [3.8, 4) is 0 Å². The average Bonchev–Trinajstić information content (AvgIpc) is 3.13. The third-order valence-corrected chi connectivity index (χ3v) is 8.88. The molecule has 3 unspecified atom stereocenters. The molecule has 0 saturated carbocycles. The standard InChI is InChI=1S/C46H77NO5/c1-4-7-10-13-16-19-21-22-24-27-30-33-36-39-46(51)52-42(37-34-31-28-26-23-20-17-14-11-8-5-2)40-45(50)47-43(41-48)44(49)38-35-32-29-25-18-15-12-9-6-3/h7-8,10-11,13-14,16-17,19-21,23,26,28,42-44,48-49H,4-6,9,12,15,18,22,24-25,27,29-41H2,1-3H3,(H,47,50)/b10-7+,11-8+,16-13+,17-14+,21-19-,23-20-,28-26-. The van der Waals surface area contributed by atoms with E-state index < -0.39 is 18.2 Å². The molecule has 0 aliphatic heterocycles. The van der Waals surface area contributed by atoms with Gasteiger partial charge in [0, 0.05) is 6.42 Å². The number of ether oxygens (including phenoxy) is 1. The van der Waals surface area contributed by atoms with Gasteiger partial charge < -0.3 is 20.3 Å². The number of carbonyl (C=O) groups excluding carboxylic acids is 2. The number of unbranched alkanes of at least 4 members (excludes halogenated alkanes) is 14. The first-order valence-electron chi connectivity index (χ1n) is 20.9. The zero-order valence-electron chi connectivity index (χ0n) is 33.4. The Hall–Kier alpha value is -2.96. The van der Waals surface area contributed by atoms with Gasteiger partial charge in [0.1, 0.15) is 6.10 Å². The second kappa shape index (κ2) is 39.3. The van der Waals surface area contributed by atoms with E-state index in [-0.39, 0.29) is 24.9 Å². The second-order valence-corrected chi connectivity index (χ2v) is 13.8. The highest BCUT2D eigenvalue weighted by atomic mass is 16.5. The molecule has 0 bridgehead atoms. The summed E-state index contributed by atoms with van der Waals surface area (Å²) in [5, 5.41) is 23.5. The molecule has 6 nitrogen and oxygen atoms in total. The fourth-order valence-electron chi connectivity index (χ4n) is 5.74. The van der Waals surface area contributed by atoms with Crippen molar-refractivity contribution in [3.05, 3.63) is 85.1 Å². The van der Waals surface area contributed by atoms with Crippen LogP contribution in [-0.4, -0.2) is 46.9 Å². The van der Waals surface area contributed by atoms with E-state index in [4.69, 9.17) is 4.74 Å². The number of aliphatic hydroxyl groups is 2. The number of carbonyl (C=O) groups is 2. The van der Waals surface area contributed by atoms with Crippen LogP contribution in [0.5, 0.6) is 0 Å². The molecule has 0 aromatic rings. The molecular formula is C46H77NO5. The molecule has 0 rings (SSSR count). The first kappa shape index (κ1) is 49.0. The van der Waals surface area contributed by atoms with E-state index in [1.807, 2.05) is 36.5 Å². The van der Waals surface area contributed by atoms with E-state index in [2.05, 4.69) is 74.7 Å². The molecule has 52 heavy (non-hydrogen) atoms. The van der Waals surface area contributed by atoms with E-state index in [9.17, 15) is 19.8 Å². The highest BCUT2D eigenvalue weighted by Gasteiger charge is 2.23. The van der Waals surface area contributed by atoms with Crippen molar-refractivity contribution in [2.45, 2.75) is 187 Å². The van der Waals surface area contributed by atoms with Crippen LogP contribution < -0.4 is 5.32 Å². The lowest BCUT2D eigenvalue weighted by Gasteiger charge is -2.24. The highest BCUT2D eigenvalue weighted by Crippen LogP contribution is 2.16. The van der Waals surface area contributed by atoms with Crippen molar-refractivity contribution in [2.75, 3.05) is 6.61 Å². The summed E-state index contributed by atoms with van der Waals surface area (Å²) in [5.74, 6) is -0.580. The van der Waals surface area contributed by atoms with Crippen molar-refractivity contribution in [3.63, 3.8) is 0 Å². The van der Waals surface area contributed by atoms with Crippen molar-refractivity contribution >= 4 is 11.9 Å². The van der Waals surface area contributed by atoms with E-state index in [0.29, 0.717) is 19.3 Å². The van der Waals surface area contributed by atoms with Crippen LogP contribution in [0.3, 0.4) is 0 Å². The number of esters is 1. The molecule has 1 amide bonds. The molecule has 0 aromatic heterocycles. The number of hydrogen-bond acceptors (Lipinski definition) is 5. The molecular weight excluding hydrogens is 647 g/mol. The number of rotatable bonds is 35. The van der Waals surface area contributed by atoms with E-state index in [1.54, 1.807) is 0 Å². The zero-order valence-corrected chi connectivity index (χ0v) is 33.4. The third kappa shape index (κ3) is 34.1. The Kier molecular flexibility index (Phi) is 37.0. The molecule has 0 aliphatic rings. The number of amides is 1. The van der Waals surface area contributed by atoms with Gasteiger partial charge in [-0.1, -0.05) is 183 Å². The lowest BCUT2D eigenvalue weighted by molar-refractivity contribution is -0.151. The minimum atomic E-state index is -0.809. The van der Waals surface area contributed by atoms with Gasteiger partial charge in [-0.05, 0) is 57.8 Å². The monoisotopic (exact) mass is 724 g/mol. The Bertz CT molecular complexity index is 1040. The molecule has 0 spiro atoms. The molecule has 0 fully saturated rings. The van der Waals surface area contributed by atoms with Gasteiger partial charge in [0.2, 0.25) is 5.91 Å². The summed E-state index contributed by atoms with van der Waals surface area (Å²) in [7, 11) is 0. The normalized spacial score (nSPS) is 14.3. The van der Waals surface area contributed by atoms with Gasteiger partial charge in [-0.2, -0.15) is 0 Å². The SMILES string of the molecule is CC/C=C/C=C/C=C\C=C/CCCC(CC(=O)NC(CO)C(O)CCCCCCCCCCC)OC(=O)CCCCCCC\C=C/C=C/C=C/CC. The predicted octanol–water partition coefficient (Wildman–Crippen LogP) is 11.7. The van der Waals surface area contributed by atoms with Crippen molar-refractivity contribution in [2.24, 2.45) is 0 Å². The molecule has 0 aromatic carbocycles. The number of nitrogens with one attached hydrogen (secondary N) is 1. The Balaban J connectivity index is 4.76. The van der Waals surface area contributed by atoms with Crippen LogP contribution in [-0.2, 0) is 14.3 Å². The lowest BCUT2D eigenvalue weighted by Crippen LogP contribution is -2.46. The fraction of sp³-hybridized carbons (Fsp3) is 0.652. The van der Waals surface area contributed by atoms with Crippen LogP contribution in [0.2, 0.25) is 0 Å². The van der Waals surface area contributed by atoms with Gasteiger partial charge in [-0.3, -0.25) is 9.59 Å². The first-order chi connectivity index (χ1) is 25.5. The summed E-state index contributed by atoms with van der Waals surface area (Å²) >= 11 is 0. The average molecular weight is 724 g/mol. The summed E-state index contributed by atoms with van der Waals surface area (Å²) in [6.45, 7) is 6.12. The van der Waals surface area contributed by atoms with E-state index >= 15 is 0 Å². The van der Waals surface area contributed by atoms with Gasteiger partial charge in [0.15, 0.2) is 0 Å². The molecule has 6 heteroatoms. The van der Waals surface area contributed by atoms with Crippen LogP contribution in [0.4, 0.5) is 0 Å². The predicted molar refractivity (Wildman–Crippen MR) is 222 cm³/mol. The van der Waals surface area contributed by atoms with Gasteiger partial charge in [0.25, 0.3) is 0 Å². The maximum atomic E-state index is 13.0. The Morgan fingerprint density at radius 3 is 1.62 bits per heavy atom. The van der Waals surface area contributed by atoms with E-state index in [1.165, 1.54) is 38.5 Å². The van der Waals surface area contributed by atoms with Gasteiger partial charge in [0.05, 0.1) is 25.2 Å². The summed E-state index contributed by atoms with van der Waals surface area (Å²) in [5.41, 5.74) is 0. The highest BCUT2D eigenvalue weighted by molar-refractivity contribution is 5.77. The molecule has 0 saturated heterocycles. The van der Waals surface area contributed by atoms with Crippen LogP contribution >= 0.6 is 0 Å². The molecule has 296 valence electrons. The van der Waals surface area contributed by atoms with Crippen LogP contribution in [0.1, 0.15) is 168 Å². The third-order valence-electron chi connectivity index (χ3n) is 8.88. The van der Waals surface area contributed by atoms with Crippen LogP contribution in [0.15, 0.2) is 85.1 Å². The molecule has 0 heterocycles. The van der Waals surface area contributed by atoms with Crippen LogP contribution in [0.25, 0.3) is 0 Å². The van der Waals surface area contributed by atoms with Crippen LogP contribution in [0, 0.1) is 0 Å². The quantitative estimate of drug-likeness (QED) is 0.0344. The van der Waals surface area contributed by atoms with Gasteiger partial charge in [-0.15, -0.1) is 0 Å². The van der Waals surface area contributed by atoms with Gasteiger partial charge in [-0.25, -0.2) is 0 Å². The summed E-state index contributed by atoms with van der Waals surface area (Å²) < 4.78 is 5.83. The lowest BCUT2D eigenvalue weighted by atomic mass is 10.0. The fourth-order valence-corrected chi connectivity index (χ4v) is 5.74. The zero-order chi connectivity index (χ0) is 38.2. The minimum Gasteiger partial charge on any atom is -0.462 e. The van der Waals surface area contributed by atoms with Crippen molar-refractivity contribution < 1.29 is 24.5 Å². The summed E-state index contributed by atoms with van der Waals surface area (Å²) in [6, 6.07) is -0.728. The summed E-state index contributed by atoms with van der Waals surface area (Å²) in [4.78, 5) is 25.8. The largest absolute Gasteiger partial charge is 0.462 e. The van der Waals surface area contributed by atoms with Crippen molar-refractivity contribution in [1.29, 1.82) is 0 Å². The minimum absolute atomic E-state index is 0.0181. The second-order valence-electron chi connectivity index (χ2n) is 13.8. The number of aliphatic hydroxyl groups excluding tert-OH is 2. The molecule has 3 atom stereocenters. The Morgan fingerprint density at radius 2 is 1.06 bits per heavy atom. The summed E-state index contributed by atoms with van der Waals surface area (Å²) in [6.07, 6.45) is 49.4. The molecule has 0 aliphatic carbocycles. The van der Waals surface area contributed by atoms with E-state index in [0.717, 1.165) is 83.5 Å². The Labute approximate surface area is 319 Å². The number of hydrogen-bond donors (Lipinski definition) is 3. The number of allylic oxidation sites excluding steroid dienone is 14. The first-order valence-corrected chi connectivity index (χ1v) is 20.9. The maximum Gasteiger partial charge on any atom is 0.306 e. The maximum absolute atomic E-state index is 13.0. The van der Waals surface area contributed by atoms with Gasteiger partial charge >= 0.3 is 5.97 Å². The Morgan fingerprint density at radius 1 is 0.577 bits per heavy atom. The topological polar surface area (TPSA) is 95.9 Å². The van der Waals surface area contributed by atoms with Crippen molar-refractivity contribution in [1.82, 2.24) is 5.32 Å².